The fourth-order valence-corrected chi connectivity index (χ4v) is 3.00. The number of amides is 1. The van der Waals surface area contributed by atoms with Gasteiger partial charge in [-0.05, 0) is 31.9 Å². The molecule has 1 aliphatic rings. The molecule has 1 saturated heterocycles. The largest absolute Gasteiger partial charge is 0.477 e. The van der Waals surface area contributed by atoms with E-state index in [4.69, 9.17) is 9.84 Å². The molecule has 1 aromatic heterocycles. The molecule has 19 heavy (non-hydrogen) atoms. The van der Waals surface area contributed by atoms with Crippen molar-refractivity contribution in [1.29, 1.82) is 0 Å². The van der Waals surface area contributed by atoms with Crippen LogP contribution >= 0.6 is 11.3 Å². The second-order valence-corrected chi connectivity index (χ2v) is 5.50. The number of carboxylic acids is 1. The van der Waals surface area contributed by atoms with Crippen molar-refractivity contribution in [2.24, 2.45) is 0 Å². The van der Waals surface area contributed by atoms with Gasteiger partial charge in [0.05, 0.1) is 11.0 Å². The van der Waals surface area contributed by atoms with Crippen LogP contribution in [0.15, 0.2) is 12.1 Å². The molecule has 0 aliphatic carbocycles. The smallest absolute Gasteiger partial charge is 0.345 e. The summed E-state index contributed by atoms with van der Waals surface area (Å²) in [6.07, 6.45) is 1.93. The fourth-order valence-electron chi connectivity index (χ4n) is 2.18. The van der Waals surface area contributed by atoms with Crippen LogP contribution in [-0.2, 0) is 4.74 Å². The van der Waals surface area contributed by atoms with Crippen LogP contribution in [0.1, 0.15) is 39.1 Å². The zero-order chi connectivity index (χ0) is 13.8. The van der Waals surface area contributed by atoms with E-state index in [0.29, 0.717) is 24.6 Å². The first-order chi connectivity index (χ1) is 9.11. The molecule has 104 valence electrons. The second-order valence-electron chi connectivity index (χ2n) is 4.42. The lowest BCUT2D eigenvalue weighted by Gasteiger charge is -2.31. The standard InChI is InChI=1S/C13H17NO4S/c1-2-18-9-5-7-14(8-6-9)12(15)10-3-4-11(19-10)13(16)17/h3-4,9H,2,5-8H2,1H3,(H,16,17). The lowest BCUT2D eigenvalue weighted by atomic mass is 10.1. The van der Waals surface area contributed by atoms with Gasteiger partial charge >= 0.3 is 5.97 Å². The van der Waals surface area contributed by atoms with Crippen LogP contribution in [0.2, 0.25) is 0 Å². The normalized spacial score (nSPS) is 16.6. The van der Waals surface area contributed by atoms with E-state index in [-0.39, 0.29) is 16.9 Å². The van der Waals surface area contributed by atoms with Gasteiger partial charge in [0.25, 0.3) is 5.91 Å². The number of hydrogen-bond donors (Lipinski definition) is 1. The zero-order valence-electron chi connectivity index (χ0n) is 10.8. The highest BCUT2D eigenvalue weighted by molar-refractivity contribution is 7.15. The summed E-state index contributed by atoms with van der Waals surface area (Å²) < 4.78 is 5.54. The number of carboxylic acid groups (broad SMARTS) is 1. The average molecular weight is 283 g/mol. The summed E-state index contributed by atoms with van der Waals surface area (Å²) in [4.78, 5) is 25.5. The summed E-state index contributed by atoms with van der Waals surface area (Å²) in [5, 5.41) is 8.85. The molecule has 0 aromatic carbocycles. The maximum Gasteiger partial charge on any atom is 0.345 e. The third-order valence-electron chi connectivity index (χ3n) is 3.16. The third kappa shape index (κ3) is 3.33. The molecule has 6 heteroatoms. The summed E-state index contributed by atoms with van der Waals surface area (Å²) in [7, 11) is 0. The predicted octanol–water partition coefficient (Wildman–Crippen LogP) is 2.09. The molecular formula is C13H17NO4S. The van der Waals surface area contributed by atoms with E-state index in [1.807, 2.05) is 6.92 Å². The minimum absolute atomic E-state index is 0.0764. The molecule has 5 nitrogen and oxygen atoms in total. The van der Waals surface area contributed by atoms with Gasteiger partial charge in [-0.3, -0.25) is 4.79 Å². The number of hydrogen-bond acceptors (Lipinski definition) is 4. The number of carbonyl (C=O) groups is 2. The van der Waals surface area contributed by atoms with Gasteiger partial charge in [-0.25, -0.2) is 4.79 Å². The molecule has 0 bridgehead atoms. The molecule has 2 heterocycles. The van der Waals surface area contributed by atoms with Gasteiger partial charge in [0.2, 0.25) is 0 Å². The van der Waals surface area contributed by atoms with E-state index in [2.05, 4.69) is 0 Å². The highest BCUT2D eigenvalue weighted by atomic mass is 32.1. The van der Waals surface area contributed by atoms with Crippen molar-refractivity contribution in [2.75, 3.05) is 19.7 Å². The quantitative estimate of drug-likeness (QED) is 0.918. The molecule has 0 spiro atoms. The van der Waals surface area contributed by atoms with E-state index in [1.54, 1.807) is 11.0 Å². The molecule has 2 rings (SSSR count). The first-order valence-electron chi connectivity index (χ1n) is 6.35. The lowest BCUT2D eigenvalue weighted by Crippen LogP contribution is -2.40. The number of aromatic carboxylic acids is 1. The minimum Gasteiger partial charge on any atom is -0.477 e. The molecule has 1 fully saturated rings. The van der Waals surface area contributed by atoms with Crippen molar-refractivity contribution in [3.8, 4) is 0 Å². The Bertz CT molecular complexity index is 463. The Morgan fingerprint density at radius 2 is 2.00 bits per heavy atom. The van der Waals surface area contributed by atoms with Crippen LogP contribution in [0.5, 0.6) is 0 Å². The number of likely N-dealkylation sites (tertiary alicyclic amines) is 1. The van der Waals surface area contributed by atoms with Crippen molar-refractivity contribution in [1.82, 2.24) is 4.90 Å². The molecule has 1 N–H and O–H groups in total. The van der Waals surface area contributed by atoms with Crippen molar-refractivity contribution >= 4 is 23.2 Å². The Kier molecular flexibility index (Phi) is 4.55. The molecular weight excluding hydrogens is 266 g/mol. The average Bonchev–Trinajstić information content (AvgIpc) is 2.89. The van der Waals surface area contributed by atoms with Crippen molar-refractivity contribution < 1.29 is 19.4 Å². The predicted molar refractivity (Wildman–Crippen MR) is 71.8 cm³/mol. The third-order valence-corrected chi connectivity index (χ3v) is 4.22. The summed E-state index contributed by atoms with van der Waals surface area (Å²) in [5.74, 6) is -1.06. The van der Waals surface area contributed by atoms with E-state index in [0.717, 1.165) is 24.2 Å². The Labute approximate surface area is 115 Å². The molecule has 0 radical (unpaired) electrons. The van der Waals surface area contributed by atoms with Gasteiger partial charge in [-0.1, -0.05) is 0 Å². The Morgan fingerprint density at radius 3 is 2.53 bits per heavy atom. The first kappa shape index (κ1) is 14.0. The van der Waals surface area contributed by atoms with Gasteiger partial charge in [0, 0.05) is 19.7 Å². The summed E-state index contributed by atoms with van der Waals surface area (Å²) in [5.41, 5.74) is 0. The van der Waals surface area contributed by atoms with E-state index < -0.39 is 5.97 Å². The van der Waals surface area contributed by atoms with Crippen molar-refractivity contribution in [3.05, 3.63) is 21.9 Å². The number of rotatable bonds is 4. The Hall–Kier alpha value is -1.40. The molecule has 1 amide bonds. The van der Waals surface area contributed by atoms with Crippen LogP contribution in [0, 0.1) is 0 Å². The highest BCUT2D eigenvalue weighted by Crippen LogP contribution is 2.21. The minimum atomic E-state index is -0.987. The Morgan fingerprint density at radius 1 is 1.37 bits per heavy atom. The van der Waals surface area contributed by atoms with Crippen LogP contribution in [0.3, 0.4) is 0 Å². The number of carbonyl (C=O) groups excluding carboxylic acids is 1. The van der Waals surface area contributed by atoms with E-state index >= 15 is 0 Å². The first-order valence-corrected chi connectivity index (χ1v) is 7.17. The van der Waals surface area contributed by atoms with Gasteiger partial charge < -0.3 is 14.7 Å². The fraction of sp³-hybridized carbons (Fsp3) is 0.538. The maximum atomic E-state index is 12.2. The lowest BCUT2D eigenvalue weighted by molar-refractivity contribution is 0.0147. The van der Waals surface area contributed by atoms with E-state index in [1.165, 1.54) is 6.07 Å². The number of nitrogens with zero attached hydrogens (tertiary/aromatic N) is 1. The van der Waals surface area contributed by atoms with Crippen LogP contribution in [-0.4, -0.2) is 47.7 Å². The molecule has 1 aromatic rings. The zero-order valence-corrected chi connectivity index (χ0v) is 11.6. The van der Waals surface area contributed by atoms with Crippen molar-refractivity contribution in [3.63, 3.8) is 0 Å². The number of piperidine rings is 1. The number of thiophene rings is 1. The monoisotopic (exact) mass is 283 g/mol. The second kappa shape index (κ2) is 6.16. The van der Waals surface area contributed by atoms with Gasteiger partial charge in [-0.15, -0.1) is 11.3 Å². The molecule has 0 atom stereocenters. The van der Waals surface area contributed by atoms with E-state index in [9.17, 15) is 9.59 Å². The SMILES string of the molecule is CCOC1CCN(C(=O)c2ccc(C(=O)O)s2)CC1. The van der Waals surface area contributed by atoms with Gasteiger partial charge in [0.1, 0.15) is 4.88 Å². The summed E-state index contributed by atoms with van der Waals surface area (Å²) in [6, 6.07) is 3.07. The molecule has 1 aliphatic heterocycles. The maximum absolute atomic E-state index is 12.2. The molecule has 0 saturated carbocycles. The number of ether oxygens (including phenoxy) is 1. The van der Waals surface area contributed by atoms with Crippen LogP contribution in [0.25, 0.3) is 0 Å². The van der Waals surface area contributed by atoms with Gasteiger partial charge in [-0.2, -0.15) is 0 Å². The van der Waals surface area contributed by atoms with Crippen LogP contribution < -0.4 is 0 Å². The Balaban J connectivity index is 1.95. The summed E-state index contributed by atoms with van der Waals surface area (Å²) in [6.45, 7) is 4.01. The van der Waals surface area contributed by atoms with Crippen molar-refractivity contribution in [2.45, 2.75) is 25.9 Å². The topological polar surface area (TPSA) is 66.8 Å². The highest BCUT2D eigenvalue weighted by Gasteiger charge is 2.25. The molecule has 0 unspecified atom stereocenters. The van der Waals surface area contributed by atoms with Crippen LogP contribution in [0.4, 0.5) is 0 Å². The summed E-state index contributed by atoms with van der Waals surface area (Å²) >= 11 is 1.03. The van der Waals surface area contributed by atoms with Gasteiger partial charge in [0.15, 0.2) is 0 Å².